The average molecular weight is 188 g/mol. The molecule has 0 spiro atoms. The number of hydrogen-bond donors (Lipinski definition) is 5. The molecular formula is C6H12N4O3. The number of nitrogens with two attached hydrogens (primary N) is 2. The predicted molar refractivity (Wildman–Crippen MR) is 46.5 cm³/mol. The van der Waals surface area contributed by atoms with Gasteiger partial charge in [0.2, 0.25) is 0 Å². The number of aliphatic hydroxyl groups is 2. The standard InChI is InChI=1S/C6H12N4O3/c7-1-4(8)10-3(2-11)5(12)6(9)13/h5,8,11-12H,1-2,7H2,(H2,9,13). The van der Waals surface area contributed by atoms with Crippen molar-refractivity contribution in [2.45, 2.75) is 6.10 Å². The highest BCUT2D eigenvalue weighted by Gasteiger charge is 2.17. The number of nitrogens with one attached hydrogen (secondary N) is 1. The number of carbonyl (C=O) groups is 1. The lowest BCUT2D eigenvalue weighted by molar-refractivity contribution is -0.123. The highest BCUT2D eigenvalue weighted by atomic mass is 16.3. The van der Waals surface area contributed by atoms with Crippen LogP contribution in [0.25, 0.3) is 0 Å². The monoisotopic (exact) mass is 188 g/mol. The van der Waals surface area contributed by atoms with E-state index in [1.54, 1.807) is 0 Å². The number of primary amides is 1. The van der Waals surface area contributed by atoms with Crippen LogP contribution in [0.1, 0.15) is 0 Å². The SMILES string of the molecule is N=C(CN)N=C(CO)C(O)C(N)=O. The van der Waals surface area contributed by atoms with Crippen molar-refractivity contribution in [3.63, 3.8) is 0 Å². The number of rotatable bonds is 4. The Balaban J connectivity index is 4.58. The summed E-state index contributed by atoms with van der Waals surface area (Å²) < 4.78 is 0. The maximum absolute atomic E-state index is 10.4. The molecule has 0 aromatic rings. The van der Waals surface area contributed by atoms with Gasteiger partial charge in [-0.25, -0.2) is 4.99 Å². The summed E-state index contributed by atoms with van der Waals surface area (Å²) in [5.41, 5.74) is 9.51. The van der Waals surface area contributed by atoms with E-state index in [-0.39, 0.29) is 18.1 Å². The van der Waals surface area contributed by atoms with Gasteiger partial charge in [0.15, 0.2) is 6.10 Å². The zero-order valence-electron chi connectivity index (χ0n) is 6.90. The van der Waals surface area contributed by atoms with Gasteiger partial charge >= 0.3 is 0 Å². The van der Waals surface area contributed by atoms with Gasteiger partial charge in [-0.3, -0.25) is 10.2 Å². The fourth-order valence-electron chi connectivity index (χ4n) is 0.566. The van der Waals surface area contributed by atoms with E-state index in [2.05, 4.69) is 4.99 Å². The van der Waals surface area contributed by atoms with Gasteiger partial charge in [0.1, 0.15) is 5.84 Å². The lowest BCUT2D eigenvalue weighted by Crippen LogP contribution is -2.38. The topological polar surface area (TPSA) is 146 Å². The van der Waals surface area contributed by atoms with Gasteiger partial charge in [-0.05, 0) is 0 Å². The zero-order valence-corrected chi connectivity index (χ0v) is 6.90. The van der Waals surface area contributed by atoms with Crippen molar-refractivity contribution in [3.05, 3.63) is 0 Å². The van der Waals surface area contributed by atoms with E-state index in [0.29, 0.717) is 0 Å². The maximum Gasteiger partial charge on any atom is 0.252 e. The van der Waals surface area contributed by atoms with Crippen molar-refractivity contribution in [2.75, 3.05) is 13.2 Å². The molecule has 7 nitrogen and oxygen atoms in total. The molecule has 0 aromatic heterocycles. The maximum atomic E-state index is 10.4. The molecule has 0 saturated carbocycles. The van der Waals surface area contributed by atoms with Crippen molar-refractivity contribution in [3.8, 4) is 0 Å². The van der Waals surface area contributed by atoms with Crippen molar-refractivity contribution in [1.29, 1.82) is 5.41 Å². The van der Waals surface area contributed by atoms with E-state index in [4.69, 9.17) is 27.1 Å². The van der Waals surface area contributed by atoms with Crippen LogP contribution < -0.4 is 11.5 Å². The summed E-state index contributed by atoms with van der Waals surface area (Å²) >= 11 is 0. The third-order valence-electron chi connectivity index (χ3n) is 1.22. The molecule has 0 fully saturated rings. The first kappa shape index (κ1) is 11.7. The number of hydrogen-bond acceptors (Lipinski definition) is 5. The van der Waals surface area contributed by atoms with Crippen molar-refractivity contribution >= 4 is 17.5 Å². The zero-order chi connectivity index (χ0) is 10.4. The molecule has 0 bridgehead atoms. The minimum Gasteiger partial charge on any atom is -0.390 e. The summed E-state index contributed by atoms with van der Waals surface area (Å²) in [6, 6.07) is 0. The van der Waals surface area contributed by atoms with E-state index in [1.807, 2.05) is 0 Å². The second-order valence-electron chi connectivity index (χ2n) is 2.22. The average Bonchev–Trinajstić information content (AvgIpc) is 2.12. The molecular weight excluding hydrogens is 176 g/mol. The van der Waals surface area contributed by atoms with Crippen LogP contribution in [-0.4, -0.2) is 46.9 Å². The Morgan fingerprint density at radius 3 is 2.46 bits per heavy atom. The molecule has 0 aliphatic rings. The molecule has 0 aliphatic heterocycles. The molecule has 7 N–H and O–H groups in total. The van der Waals surface area contributed by atoms with Crippen LogP contribution in [-0.2, 0) is 4.79 Å². The Morgan fingerprint density at radius 1 is 1.62 bits per heavy atom. The highest BCUT2D eigenvalue weighted by Crippen LogP contribution is 1.89. The normalized spacial score (nSPS) is 13.9. The van der Waals surface area contributed by atoms with Gasteiger partial charge in [-0.2, -0.15) is 0 Å². The Kier molecular flexibility index (Phi) is 4.82. The Labute approximate surface area is 74.6 Å². The van der Waals surface area contributed by atoms with Crippen molar-refractivity contribution < 1.29 is 15.0 Å². The van der Waals surface area contributed by atoms with E-state index in [9.17, 15) is 4.79 Å². The molecule has 0 radical (unpaired) electrons. The smallest absolute Gasteiger partial charge is 0.252 e. The first-order valence-corrected chi connectivity index (χ1v) is 3.46. The van der Waals surface area contributed by atoms with Crippen LogP contribution in [0.4, 0.5) is 0 Å². The van der Waals surface area contributed by atoms with Crippen molar-refractivity contribution in [1.82, 2.24) is 0 Å². The fraction of sp³-hybridized carbons (Fsp3) is 0.500. The summed E-state index contributed by atoms with van der Waals surface area (Å²) in [4.78, 5) is 13.9. The van der Waals surface area contributed by atoms with Gasteiger partial charge in [0.05, 0.1) is 18.9 Å². The van der Waals surface area contributed by atoms with E-state index >= 15 is 0 Å². The molecule has 0 aromatic carbocycles. The van der Waals surface area contributed by atoms with Gasteiger partial charge < -0.3 is 21.7 Å². The molecule has 1 unspecified atom stereocenters. The number of nitrogens with zero attached hydrogens (tertiary/aromatic N) is 1. The van der Waals surface area contributed by atoms with Crippen molar-refractivity contribution in [2.24, 2.45) is 16.5 Å². The molecule has 13 heavy (non-hydrogen) atoms. The number of aliphatic hydroxyl groups excluding tert-OH is 2. The first-order chi connectivity index (χ1) is 6.02. The third kappa shape index (κ3) is 3.74. The van der Waals surface area contributed by atoms with Crippen LogP contribution in [0.15, 0.2) is 4.99 Å². The van der Waals surface area contributed by atoms with E-state index < -0.39 is 18.6 Å². The Morgan fingerprint density at radius 2 is 2.15 bits per heavy atom. The quantitative estimate of drug-likeness (QED) is 0.239. The minimum atomic E-state index is -1.67. The molecule has 0 aliphatic carbocycles. The van der Waals surface area contributed by atoms with Gasteiger partial charge in [-0.15, -0.1) is 0 Å². The van der Waals surface area contributed by atoms with Gasteiger partial charge in [0, 0.05) is 0 Å². The Bertz CT molecular complexity index is 238. The van der Waals surface area contributed by atoms with E-state index in [0.717, 1.165) is 0 Å². The van der Waals surface area contributed by atoms with Crippen LogP contribution >= 0.6 is 0 Å². The number of amides is 1. The van der Waals surface area contributed by atoms with Crippen LogP contribution in [0.3, 0.4) is 0 Å². The number of aliphatic imine (C=N–C) groups is 1. The molecule has 1 amide bonds. The summed E-state index contributed by atoms with van der Waals surface area (Å²) in [5, 5.41) is 24.7. The summed E-state index contributed by atoms with van der Waals surface area (Å²) in [5.74, 6) is -1.28. The second kappa shape index (κ2) is 5.36. The molecule has 0 saturated heterocycles. The second-order valence-corrected chi connectivity index (χ2v) is 2.22. The summed E-state index contributed by atoms with van der Waals surface area (Å²) in [6.45, 7) is -0.790. The van der Waals surface area contributed by atoms with Crippen LogP contribution in [0.2, 0.25) is 0 Å². The molecule has 74 valence electrons. The first-order valence-electron chi connectivity index (χ1n) is 3.46. The minimum absolute atomic E-state index is 0.144. The van der Waals surface area contributed by atoms with Crippen LogP contribution in [0.5, 0.6) is 0 Å². The fourth-order valence-corrected chi connectivity index (χ4v) is 0.566. The summed E-state index contributed by atoms with van der Waals surface area (Å²) in [7, 11) is 0. The molecule has 7 heteroatoms. The number of amidine groups is 1. The number of carbonyl (C=O) groups excluding carboxylic acids is 1. The van der Waals surface area contributed by atoms with Gasteiger partial charge in [-0.1, -0.05) is 0 Å². The predicted octanol–water partition coefficient (Wildman–Crippen LogP) is -2.80. The largest absolute Gasteiger partial charge is 0.390 e. The van der Waals surface area contributed by atoms with E-state index in [1.165, 1.54) is 0 Å². The van der Waals surface area contributed by atoms with Crippen LogP contribution in [0, 0.1) is 5.41 Å². The third-order valence-corrected chi connectivity index (χ3v) is 1.22. The molecule has 0 rings (SSSR count). The highest BCUT2D eigenvalue weighted by molar-refractivity contribution is 6.10. The summed E-state index contributed by atoms with van der Waals surface area (Å²) in [6.07, 6.45) is -1.67. The molecule has 0 heterocycles. The molecule has 1 atom stereocenters. The van der Waals surface area contributed by atoms with Gasteiger partial charge in [0.25, 0.3) is 5.91 Å². The Hall–Kier alpha value is -1.31. The lowest BCUT2D eigenvalue weighted by Gasteiger charge is -2.07. The lowest BCUT2D eigenvalue weighted by atomic mass is 10.2.